The first-order chi connectivity index (χ1) is 11.9. The van der Waals surface area contributed by atoms with E-state index in [9.17, 15) is 18.0 Å². The van der Waals surface area contributed by atoms with Crippen molar-refractivity contribution in [1.29, 1.82) is 0 Å². The molecule has 0 saturated heterocycles. The molecule has 26 heavy (non-hydrogen) atoms. The third-order valence-electron chi connectivity index (χ3n) is 3.23. The fraction of sp³-hybridized carbons (Fsp3) is 0.294. The SMILES string of the molecule is CC(C)(C)c1ccc(Oc2ccc(NC(=O)O)c(OC(F)(F)F)n2)cc1. The quantitative estimate of drug-likeness (QED) is 0.777. The van der Waals surface area contributed by atoms with Gasteiger partial charge in [-0.1, -0.05) is 32.9 Å². The molecule has 1 amide bonds. The highest BCUT2D eigenvalue weighted by atomic mass is 19.4. The van der Waals surface area contributed by atoms with E-state index in [4.69, 9.17) is 9.84 Å². The lowest BCUT2D eigenvalue weighted by atomic mass is 9.87. The number of alkyl halides is 3. The molecule has 2 aromatic rings. The molecule has 0 spiro atoms. The fourth-order valence-corrected chi connectivity index (χ4v) is 2.02. The average Bonchev–Trinajstić information content (AvgIpc) is 2.47. The predicted octanol–water partition coefficient (Wildman–Crippen LogP) is 5.16. The lowest BCUT2D eigenvalue weighted by Gasteiger charge is -2.19. The molecule has 0 atom stereocenters. The monoisotopic (exact) mass is 370 g/mol. The van der Waals surface area contributed by atoms with Crippen LogP contribution in [0.4, 0.5) is 23.7 Å². The van der Waals surface area contributed by atoms with Crippen molar-refractivity contribution in [2.24, 2.45) is 0 Å². The third-order valence-corrected chi connectivity index (χ3v) is 3.23. The summed E-state index contributed by atoms with van der Waals surface area (Å²) in [6.07, 6.45) is -6.58. The number of pyridine rings is 1. The topological polar surface area (TPSA) is 80.7 Å². The van der Waals surface area contributed by atoms with Crippen LogP contribution in [-0.2, 0) is 5.41 Å². The minimum absolute atomic E-state index is 0.0609. The largest absolute Gasteiger partial charge is 0.574 e. The number of nitrogens with zero attached hydrogens (tertiary/aromatic N) is 1. The molecule has 0 aliphatic rings. The second-order valence-electron chi connectivity index (χ2n) is 6.36. The first-order valence-corrected chi connectivity index (χ1v) is 7.49. The van der Waals surface area contributed by atoms with Crippen LogP contribution >= 0.6 is 0 Å². The Morgan fingerprint density at radius 3 is 2.19 bits per heavy atom. The van der Waals surface area contributed by atoms with Gasteiger partial charge in [0.2, 0.25) is 11.8 Å². The number of aromatic nitrogens is 1. The van der Waals surface area contributed by atoms with Gasteiger partial charge in [0, 0.05) is 6.07 Å². The summed E-state index contributed by atoms with van der Waals surface area (Å²) in [5, 5.41) is 10.5. The van der Waals surface area contributed by atoms with Crippen LogP contribution in [0.15, 0.2) is 36.4 Å². The van der Waals surface area contributed by atoms with Gasteiger partial charge >= 0.3 is 12.5 Å². The van der Waals surface area contributed by atoms with Gasteiger partial charge in [0.15, 0.2) is 0 Å². The summed E-state index contributed by atoms with van der Waals surface area (Å²) in [4.78, 5) is 14.3. The van der Waals surface area contributed by atoms with Gasteiger partial charge in [0.05, 0.1) is 0 Å². The number of amides is 1. The van der Waals surface area contributed by atoms with E-state index in [-0.39, 0.29) is 11.3 Å². The van der Waals surface area contributed by atoms with Crippen molar-refractivity contribution in [3.8, 4) is 17.5 Å². The van der Waals surface area contributed by atoms with Gasteiger partial charge < -0.3 is 14.6 Å². The number of ether oxygens (including phenoxy) is 2. The highest BCUT2D eigenvalue weighted by molar-refractivity contribution is 5.84. The van der Waals surface area contributed by atoms with Crippen molar-refractivity contribution >= 4 is 11.8 Å². The van der Waals surface area contributed by atoms with Crippen LogP contribution < -0.4 is 14.8 Å². The molecule has 0 aliphatic heterocycles. The molecule has 1 aromatic heterocycles. The number of hydrogen-bond acceptors (Lipinski definition) is 4. The standard InChI is InChI=1S/C17H17F3N2O4/c1-16(2,3)10-4-6-11(7-5-10)25-13-9-8-12(21-15(23)24)14(22-13)26-17(18,19)20/h4-9,21H,1-3H3,(H,23,24). The molecule has 0 aliphatic carbocycles. The first-order valence-electron chi connectivity index (χ1n) is 7.49. The molecule has 9 heteroatoms. The van der Waals surface area contributed by atoms with Crippen LogP contribution in [0.3, 0.4) is 0 Å². The van der Waals surface area contributed by atoms with Crippen LogP contribution in [0.25, 0.3) is 0 Å². The van der Waals surface area contributed by atoms with E-state index >= 15 is 0 Å². The van der Waals surface area contributed by atoms with E-state index < -0.39 is 24.0 Å². The fourth-order valence-electron chi connectivity index (χ4n) is 2.02. The van der Waals surface area contributed by atoms with E-state index in [1.54, 1.807) is 17.4 Å². The van der Waals surface area contributed by atoms with Gasteiger partial charge in [-0.25, -0.2) is 4.79 Å². The Morgan fingerprint density at radius 1 is 1.08 bits per heavy atom. The summed E-state index contributed by atoms with van der Waals surface area (Å²) in [5.74, 6) is -0.769. The summed E-state index contributed by atoms with van der Waals surface area (Å²) in [6.45, 7) is 6.12. The van der Waals surface area contributed by atoms with E-state index in [1.807, 2.05) is 32.9 Å². The van der Waals surface area contributed by atoms with Crippen molar-refractivity contribution in [3.63, 3.8) is 0 Å². The Hall–Kier alpha value is -2.97. The van der Waals surface area contributed by atoms with Gasteiger partial charge in [0.25, 0.3) is 0 Å². The number of halogens is 3. The maximum atomic E-state index is 12.5. The molecular weight excluding hydrogens is 353 g/mol. The van der Waals surface area contributed by atoms with Crippen molar-refractivity contribution in [1.82, 2.24) is 4.98 Å². The van der Waals surface area contributed by atoms with Crippen molar-refractivity contribution < 1.29 is 32.5 Å². The van der Waals surface area contributed by atoms with Crippen LogP contribution in [-0.4, -0.2) is 22.5 Å². The van der Waals surface area contributed by atoms with E-state index in [0.29, 0.717) is 5.75 Å². The van der Waals surface area contributed by atoms with Crippen molar-refractivity contribution in [2.45, 2.75) is 32.5 Å². The number of benzene rings is 1. The first kappa shape index (κ1) is 19.4. The Morgan fingerprint density at radius 2 is 1.69 bits per heavy atom. The number of carbonyl (C=O) groups is 1. The second-order valence-corrected chi connectivity index (χ2v) is 6.36. The molecule has 0 saturated carbocycles. The van der Waals surface area contributed by atoms with Crippen LogP contribution in [0, 0.1) is 0 Å². The van der Waals surface area contributed by atoms with Crippen LogP contribution in [0.2, 0.25) is 0 Å². The summed E-state index contributed by atoms with van der Waals surface area (Å²) in [7, 11) is 0. The molecule has 1 heterocycles. The minimum atomic E-state index is -5.03. The Kier molecular flexibility index (Phi) is 5.29. The maximum Gasteiger partial charge on any atom is 0.574 e. The van der Waals surface area contributed by atoms with E-state index in [0.717, 1.165) is 11.6 Å². The van der Waals surface area contributed by atoms with E-state index in [1.165, 1.54) is 6.07 Å². The zero-order valence-corrected chi connectivity index (χ0v) is 14.2. The summed E-state index contributed by atoms with van der Waals surface area (Å²) >= 11 is 0. The Balaban J connectivity index is 2.26. The lowest BCUT2D eigenvalue weighted by molar-refractivity contribution is -0.275. The van der Waals surface area contributed by atoms with Gasteiger partial charge in [-0.15, -0.1) is 13.2 Å². The van der Waals surface area contributed by atoms with Gasteiger partial charge in [-0.05, 0) is 29.2 Å². The molecule has 0 unspecified atom stereocenters. The summed E-state index contributed by atoms with van der Waals surface area (Å²) < 4.78 is 46.7. The maximum absolute atomic E-state index is 12.5. The highest BCUT2D eigenvalue weighted by Crippen LogP contribution is 2.32. The molecule has 2 rings (SSSR count). The molecule has 1 aromatic carbocycles. The number of anilines is 1. The lowest BCUT2D eigenvalue weighted by Crippen LogP contribution is -2.20. The van der Waals surface area contributed by atoms with Crippen LogP contribution in [0.5, 0.6) is 17.5 Å². The van der Waals surface area contributed by atoms with Gasteiger partial charge in [-0.2, -0.15) is 4.98 Å². The smallest absolute Gasteiger partial charge is 0.465 e. The van der Waals surface area contributed by atoms with E-state index in [2.05, 4.69) is 9.72 Å². The third kappa shape index (κ3) is 5.54. The van der Waals surface area contributed by atoms with Crippen molar-refractivity contribution in [2.75, 3.05) is 5.32 Å². The molecule has 0 bridgehead atoms. The number of hydrogen-bond donors (Lipinski definition) is 2. The summed E-state index contributed by atoms with van der Waals surface area (Å²) in [5.41, 5.74) is 0.541. The van der Waals surface area contributed by atoms with Crippen LogP contribution in [0.1, 0.15) is 26.3 Å². The van der Waals surface area contributed by atoms with Crippen molar-refractivity contribution in [3.05, 3.63) is 42.0 Å². The van der Waals surface area contributed by atoms with Gasteiger partial charge in [-0.3, -0.25) is 5.32 Å². The normalized spacial score (nSPS) is 11.8. The summed E-state index contributed by atoms with van der Waals surface area (Å²) in [6, 6.07) is 9.30. The number of nitrogens with one attached hydrogen (secondary N) is 1. The number of carboxylic acid groups (broad SMARTS) is 1. The zero-order chi connectivity index (χ0) is 19.5. The second kappa shape index (κ2) is 7.11. The molecule has 0 fully saturated rings. The Labute approximate surface area is 147 Å². The zero-order valence-electron chi connectivity index (χ0n) is 14.2. The number of rotatable bonds is 4. The predicted molar refractivity (Wildman–Crippen MR) is 87.8 cm³/mol. The minimum Gasteiger partial charge on any atom is -0.465 e. The molecular formula is C17H17F3N2O4. The average molecular weight is 370 g/mol. The van der Waals surface area contributed by atoms with Gasteiger partial charge in [0.1, 0.15) is 11.4 Å². The molecule has 0 radical (unpaired) electrons. The molecule has 2 N–H and O–H groups in total. The molecule has 140 valence electrons. The molecule has 6 nitrogen and oxygen atoms in total. The highest BCUT2D eigenvalue weighted by Gasteiger charge is 2.33. The Bertz CT molecular complexity index is 784.